The van der Waals surface area contributed by atoms with Gasteiger partial charge >= 0.3 is 0 Å². The van der Waals surface area contributed by atoms with Crippen molar-refractivity contribution in [1.82, 2.24) is 9.97 Å². The molecule has 0 bridgehead atoms. The van der Waals surface area contributed by atoms with Crippen molar-refractivity contribution < 1.29 is 8.42 Å². The Morgan fingerprint density at radius 3 is 2.42 bits per heavy atom. The summed E-state index contributed by atoms with van der Waals surface area (Å²) in [6, 6.07) is 23.7. The maximum Gasteiger partial charge on any atom is 0.175 e. The van der Waals surface area contributed by atoms with Gasteiger partial charge in [0.05, 0.1) is 22.9 Å². The maximum atomic E-state index is 12.4. The van der Waals surface area contributed by atoms with Gasteiger partial charge in [0.25, 0.3) is 0 Å². The molecule has 1 heterocycles. The van der Waals surface area contributed by atoms with Crippen LogP contribution in [0.2, 0.25) is 0 Å². The molecule has 4 aromatic rings. The van der Waals surface area contributed by atoms with E-state index in [2.05, 4.69) is 15.3 Å². The molecule has 152 valence electrons. The van der Waals surface area contributed by atoms with E-state index >= 15 is 0 Å². The first-order valence-electron chi connectivity index (χ1n) is 9.49. The third-order valence-electron chi connectivity index (χ3n) is 4.63. The predicted molar refractivity (Wildman–Crippen MR) is 122 cm³/mol. The molecule has 0 amide bonds. The van der Waals surface area contributed by atoms with Crippen molar-refractivity contribution in [1.29, 1.82) is 5.26 Å². The van der Waals surface area contributed by atoms with E-state index in [1.54, 1.807) is 36.4 Å². The fraction of sp³-hybridized carbons (Fsp3) is 0.0417. The monoisotopic (exact) mass is 426 g/mol. The summed E-state index contributed by atoms with van der Waals surface area (Å²) in [5, 5.41) is 14.2. The van der Waals surface area contributed by atoms with Gasteiger partial charge in [-0.2, -0.15) is 5.26 Å². The third-order valence-corrected chi connectivity index (χ3v) is 5.92. The molecule has 6 nitrogen and oxygen atoms in total. The lowest BCUT2D eigenvalue weighted by atomic mass is 10.1. The highest BCUT2D eigenvalue weighted by molar-refractivity contribution is 7.93. The number of hydrogen-bond donors (Lipinski definition) is 1. The van der Waals surface area contributed by atoms with Gasteiger partial charge in [-0.05, 0) is 53.6 Å². The fourth-order valence-electron chi connectivity index (χ4n) is 3.06. The molecule has 1 N–H and O–H groups in total. The Kier molecular flexibility index (Phi) is 5.74. The fourth-order valence-corrected chi connectivity index (χ4v) is 4.17. The van der Waals surface area contributed by atoms with Gasteiger partial charge in [-0.15, -0.1) is 0 Å². The van der Waals surface area contributed by atoms with Crippen molar-refractivity contribution in [3.63, 3.8) is 0 Å². The number of aromatic nitrogens is 2. The second-order valence-corrected chi connectivity index (χ2v) is 8.79. The number of sulfone groups is 1. The molecular formula is C24H18N4O2S. The van der Waals surface area contributed by atoms with Gasteiger partial charge in [0.15, 0.2) is 9.84 Å². The minimum Gasteiger partial charge on any atom is -0.340 e. The van der Waals surface area contributed by atoms with E-state index in [4.69, 9.17) is 5.26 Å². The number of fused-ring (bicyclic) bond motifs is 1. The van der Waals surface area contributed by atoms with Gasteiger partial charge in [-0.3, -0.25) is 0 Å². The Balaban J connectivity index is 1.45. The van der Waals surface area contributed by atoms with Crippen LogP contribution < -0.4 is 5.32 Å². The Bertz CT molecular complexity index is 1380. The average Bonchev–Trinajstić information content (AvgIpc) is 2.79. The number of anilines is 2. The van der Waals surface area contributed by atoms with Crippen LogP contribution >= 0.6 is 0 Å². The lowest BCUT2D eigenvalue weighted by Gasteiger charge is -2.09. The maximum absolute atomic E-state index is 12.4. The van der Waals surface area contributed by atoms with Crippen molar-refractivity contribution in [2.24, 2.45) is 0 Å². The van der Waals surface area contributed by atoms with E-state index in [1.165, 1.54) is 17.8 Å². The average molecular weight is 427 g/mol. The van der Waals surface area contributed by atoms with Crippen LogP contribution in [0, 0.1) is 11.3 Å². The number of para-hydroxylation sites is 1. The smallest absolute Gasteiger partial charge is 0.175 e. The largest absolute Gasteiger partial charge is 0.340 e. The van der Waals surface area contributed by atoms with Crippen molar-refractivity contribution in [2.75, 3.05) is 5.32 Å². The van der Waals surface area contributed by atoms with Crippen molar-refractivity contribution >= 4 is 38.3 Å². The van der Waals surface area contributed by atoms with E-state index in [9.17, 15) is 8.42 Å². The number of hydrogen-bond acceptors (Lipinski definition) is 6. The van der Waals surface area contributed by atoms with E-state index in [-0.39, 0.29) is 5.75 Å². The van der Waals surface area contributed by atoms with E-state index in [0.717, 1.165) is 22.2 Å². The summed E-state index contributed by atoms with van der Waals surface area (Å²) < 4.78 is 24.9. The molecule has 0 aliphatic rings. The molecule has 4 rings (SSSR count). The summed E-state index contributed by atoms with van der Waals surface area (Å²) in [5.74, 6) is 0.590. The van der Waals surface area contributed by atoms with Crippen molar-refractivity contribution in [3.8, 4) is 6.07 Å². The summed E-state index contributed by atoms with van der Waals surface area (Å²) in [6.45, 7) is 0. The predicted octanol–water partition coefficient (Wildman–Crippen LogP) is 4.83. The van der Waals surface area contributed by atoms with Gasteiger partial charge in [0.2, 0.25) is 0 Å². The Morgan fingerprint density at radius 1 is 0.935 bits per heavy atom. The highest BCUT2D eigenvalue weighted by Crippen LogP contribution is 2.23. The van der Waals surface area contributed by atoms with Crippen LogP contribution in [-0.4, -0.2) is 18.4 Å². The Labute approximate surface area is 180 Å². The molecule has 0 radical (unpaired) electrons. The SMILES string of the molecule is N#Cc1ccc(/C=C/S(=O)(=O)Cc2ccc(Nc3ncnc4ccccc34)cc2)cc1. The summed E-state index contributed by atoms with van der Waals surface area (Å²) in [6.07, 6.45) is 3.04. The zero-order chi connectivity index (χ0) is 21.7. The van der Waals surface area contributed by atoms with Gasteiger partial charge in [-0.1, -0.05) is 36.4 Å². The standard InChI is InChI=1S/C24H18N4O2S/c25-15-19-7-5-18(6-8-19)13-14-31(29,30)16-20-9-11-21(12-10-20)28-24-22-3-1-2-4-23(22)26-17-27-24/h1-14,17H,16H2,(H,26,27,28)/b14-13+. The number of nitriles is 1. The molecule has 0 spiro atoms. The van der Waals surface area contributed by atoms with E-state index in [1.807, 2.05) is 42.5 Å². The lowest BCUT2D eigenvalue weighted by molar-refractivity contribution is 0.604. The van der Waals surface area contributed by atoms with Crippen LogP contribution in [0.4, 0.5) is 11.5 Å². The van der Waals surface area contributed by atoms with Gasteiger partial charge < -0.3 is 5.32 Å². The van der Waals surface area contributed by atoms with E-state index in [0.29, 0.717) is 16.9 Å². The molecule has 31 heavy (non-hydrogen) atoms. The molecule has 7 heteroatoms. The van der Waals surface area contributed by atoms with Crippen LogP contribution in [0.25, 0.3) is 17.0 Å². The number of nitrogens with one attached hydrogen (secondary N) is 1. The van der Waals surface area contributed by atoms with E-state index < -0.39 is 9.84 Å². The molecule has 1 aromatic heterocycles. The number of rotatable bonds is 6. The molecule has 0 fully saturated rings. The van der Waals surface area contributed by atoms with Crippen LogP contribution in [0.1, 0.15) is 16.7 Å². The minimum atomic E-state index is -3.44. The van der Waals surface area contributed by atoms with Crippen LogP contribution in [0.5, 0.6) is 0 Å². The molecule has 0 atom stereocenters. The molecule has 3 aromatic carbocycles. The van der Waals surface area contributed by atoms with Crippen LogP contribution in [0.3, 0.4) is 0 Å². The van der Waals surface area contributed by atoms with Crippen LogP contribution in [-0.2, 0) is 15.6 Å². The quantitative estimate of drug-likeness (QED) is 0.474. The Hall–Kier alpha value is -4.02. The number of nitrogens with zero attached hydrogens (tertiary/aromatic N) is 3. The second kappa shape index (κ2) is 8.78. The Morgan fingerprint density at radius 2 is 1.68 bits per heavy atom. The summed E-state index contributed by atoms with van der Waals surface area (Å²) >= 11 is 0. The molecule has 0 saturated carbocycles. The van der Waals surface area contributed by atoms with Crippen LogP contribution in [0.15, 0.2) is 84.5 Å². The lowest BCUT2D eigenvalue weighted by Crippen LogP contribution is -2.00. The zero-order valence-corrected chi connectivity index (χ0v) is 17.3. The molecular weight excluding hydrogens is 408 g/mol. The van der Waals surface area contributed by atoms with Gasteiger partial charge in [0.1, 0.15) is 12.1 Å². The summed E-state index contributed by atoms with van der Waals surface area (Å²) in [5.41, 5.74) is 3.58. The molecule has 0 aliphatic carbocycles. The molecule has 0 unspecified atom stereocenters. The summed E-state index contributed by atoms with van der Waals surface area (Å²) in [4.78, 5) is 8.55. The van der Waals surface area contributed by atoms with Crippen molar-refractivity contribution in [2.45, 2.75) is 5.75 Å². The normalized spacial score (nSPS) is 11.5. The highest BCUT2D eigenvalue weighted by atomic mass is 32.2. The van der Waals surface area contributed by atoms with Gasteiger partial charge in [0, 0.05) is 16.5 Å². The highest BCUT2D eigenvalue weighted by Gasteiger charge is 2.09. The summed E-state index contributed by atoms with van der Waals surface area (Å²) in [7, 11) is -3.44. The first-order chi connectivity index (χ1) is 15.0. The molecule has 0 aliphatic heterocycles. The number of benzene rings is 3. The van der Waals surface area contributed by atoms with Crippen molar-refractivity contribution in [3.05, 3.63) is 101 Å². The first kappa shape index (κ1) is 20.3. The minimum absolute atomic E-state index is 0.101. The second-order valence-electron chi connectivity index (χ2n) is 6.91. The third kappa shape index (κ3) is 5.13. The van der Waals surface area contributed by atoms with Gasteiger partial charge in [-0.25, -0.2) is 18.4 Å². The molecule has 0 saturated heterocycles. The topological polar surface area (TPSA) is 95.7 Å². The first-order valence-corrected chi connectivity index (χ1v) is 11.2. The zero-order valence-electron chi connectivity index (χ0n) is 16.4.